The molecule has 1 N–H and O–H groups in total. The predicted octanol–water partition coefficient (Wildman–Crippen LogP) is 3.52. The van der Waals surface area contributed by atoms with Crippen molar-refractivity contribution in [2.45, 2.75) is 4.90 Å². The van der Waals surface area contributed by atoms with Crippen molar-refractivity contribution in [2.24, 2.45) is 0 Å². The Morgan fingerprint density at radius 1 is 1.00 bits per heavy atom. The highest BCUT2D eigenvalue weighted by Gasteiger charge is 2.02. The van der Waals surface area contributed by atoms with Crippen LogP contribution in [0.15, 0.2) is 65.6 Å². The van der Waals surface area contributed by atoms with Crippen LogP contribution in [0.2, 0.25) is 0 Å². The average molecular weight is 259 g/mol. The van der Waals surface area contributed by atoms with Crippen molar-refractivity contribution >= 4 is 17.9 Å². The van der Waals surface area contributed by atoms with Crippen LogP contribution in [0.4, 0.5) is 4.79 Å². The zero-order valence-corrected chi connectivity index (χ0v) is 10.5. The lowest BCUT2D eigenvalue weighted by Gasteiger charge is -2.06. The molecule has 0 aliphatic rings. The van der Waals surface area contributed by atoms with Crippen molar-refractivity contribution in [3.63, 3.8) is 0 Å². The second-order valence-electron chi connectivity index (χ2n) is 3.48. The number of para-hydroxylation sites is 1. The molecule has 92 valence electrons. The number of hydrogen-bond donors (Lipinski definition) is 1. The van der Waals surface area contributed by atoms with E-state index in [9.17, 15) is 4.79 Å². The van der Waals surface area contributed by atoms with Crippen LogP contribution in [0.3, 0.4) is 0 Å². The molecule has 4 heteroatoms. The quantitative estimate of drug-likeness (QED) is 0.674. The molecule has 2 aromatic carbocycles. The number of benzene rings is 2. The van der Waals surface area contributed by atoms with Crippen molar-refractivity contribution in [1.29, 1.82) is 0 Å². The third-order valence-corrected chi connectivity index (χ3v) is 3.05. The van der Waals surface area contributed by atoms with Crippen LogP contribution in [0.25, 0.3) is 0 Å². The van der Waals surface area contributed by atoms with E-state index in [1.165, 1.54) is 0 Å². The standard InChI is InChI=1S/C14H13NO2S/c16-14(17-12-7-3-1-4-8-12)15-11-18-13-9-5-2-6-10-13/h1-10H,11H2,(H,15,16). The van der Waals surface area contributed by atoms with E-state index in [4.69, 9.17) is 4.74 Å². The first-order valence-corrected chi connectivity index (χ1v) is 6.52. The first-order chi connectivity index (χ1) is 8.84. The van der Waals surface area contributed by atoms with E-state index in [-0.39, 0.29) is 0 Å². The molecular weight excluding hydrogens is 246 g/mol. The van der Waals surface area contributed by atoms with Gasteiger partial charge in [0.15, 0.2) is 0 Å². The Kier molecular flexibility index (Phi) is 4.67. The fraction of sp³-hybridized carbons (Fsp3) is 0.0714. The smallest absolute Gasteiger partial charge is 0.410 e. The molecular formula is C14H13NO2S. The van der Waals surface area contributed by atoms with E-state index in [1.54, 1.807) is 23.9 Å². The van der Waals surface area contributed by atoms with Gasteiger partial charge in [-0.1, -0.05) is 36.4 Å². The van der Waals surface area contributed by atoms with Gasteiger partial charge in [-0.25, -0.2) is 4.79 Å². The van der Waals surface area contributed by atoms with Crippen molar-refractivity contribution in [3.8, 4) is 5.75 Å². The molecule has 0 aliphatic heterocycles. The van der Waals surface area contributed by atoms with E-state index in [0.29, 0.717) is 11.6 Å². The van der Waals surface area contributed by atoms with Gasteiger partial charge < -0.3 is 10.1 Å². The molecule has 1 amide bonds. The molecule has 0 aromatic heterocycles. The van der Waals surface area contributed by atoms with E-state index in [0.717, 1.165) is 4.90 Å². The number of carbonyl (C=O) groups excluding carboxylic acids is 1. The maximum atomic E-state index is 11.5. The summed E-state index contributed by atoms with van der Waals surface area (Å²) in [6.07, 6.45) is -0.440. The summed E-state index contributed by atoms with van der Waals surface area (Å²) in [4.78, 5) is 12.6. The van der Waals surface area contributed by atoms with E-state index >= 15 is 0 Å². The largest absolute Gasteiger partial charge is 0.413 e. The summed E-state index contributed by atoms with van der Waals surface area (Å²) >= 11 is 1.55. The van der Waals surface area contributed by atoms with Gasteiger partial charge in [-0.05, 0) is 24.3 Å². The fourth-order valence-electron chi connectivity index (χ4n) is 1.33. The van der Waals surface area contributed by atoms with Crippen LogP contribution in [-0.4, -0.2) is 12.0 Å². The molecule has 0 saturated carbocycles. The molecule has 0 radical (unpaired) electrons. The lowest BCUT2D eigenvalue weighted by molar-refractivity contribution is 0.202. The predicted molar refractivity (Wildman–Crippen MR) is 72.8 cm³/mol. The molecule has 2 aromatic rings. The molecule has 0 spiro atoms. The average Bonchev–Trinajstić information content (AvgIpc) is 2.41. The SMILES string of the molecule is O=C(NCSc1ccccc1)Oc1ccccc1. The van der Waals surface area contributed by atoms with Crippen LogP contribution in [0, 0.1) is 0 Å². The second-order valence-corrected chi connectivity index (χ2v) is 4.53. The van der Waals surface area contributed by atoms with Crippen molar-refractivity contribution in [1.82, 2.24) is 5.32 Å². The number of thioether (sulfide) groups is 1. The Labute approximate surface area is 110 Å². The second kappa shape index (κ2) is 6.71. The van der Waals surface area contributed by atoms with Gasteiger partial charge in [-0.15, -0.1) is 11.8 Å². The highest BCUT2D eigenvalue weighted by molar-refractivity contribution is 7.99. The van der Waals surface area contributed by atoms with E-state index < -0.39 is 6.09 Å². The van der Waals surface area contributed by atoms with Gasteiger partial charge in [-0.2, -0.15) is 0 Å². The van der Waals surface area contributed by atoms with E-state index in [1.807, 2.05) is 48.5 Å². The number of carbonyl (C=O) groups is 1. The van der Waals surface area contributed by atoms with Crippen LogP contribution in [0.1, 0.15) is 0 Å². The maximum absolute atomic E-state index is 11.5. The molecule has 0 atom stereocenters. The summed E-state index contributed by atoms with van der Waals surface area (Å²) in [5.41, 5.74) is 0. The monoisotopic (exact) mass is 259 g/mol. The van der Waals surface area contributed by atoms with Gasteiger partial charge in [-0.3, -0.25) is 0 Å². The van der Waals surface area contributed by atoms with Crippen LogP contribution in [0.5, 0.6) is 5.75 Å². The highest BCUT2D eigenvalue weighted by atomic mass is 32.2. The normalized spacial score (nSPS) is 9.78. The molecule has 0 aliphatic carbocycles. The minimum absolute atomic E-state index is 0.440. The molecule has 18 heavy (non-hydrogen) atoms. The van der Waals surface area contributed by atoms with Crippen molar-refractivity contribution < 1.29 is 9.53 Å². The topological polar surface area (TPSA) is 38.3 Å². The fourth-order valence-corrected chi connectivity index (χ4v) is 2.03. The molecule has 0 unspecified atom stereocenters. The van der Waals surface area contributed by atoms with Gasteiger partial charge in [0.1, 0.15) is 5.75 Å². The molecule has 2 rings (SSSR count). The maximum Gasteiger partial charge on any atom is 0.413 e. The molecule has 0 fully saturated rings. The number of hydrogen-bond acceptors (Lipinski definition) is 3. The Morgan fingerprint density at radius 3 is 2.28 bits per heavy atom. The van der Waals surface area contributed by atoms with Gasteiger partial charge in [0, 0.05) is 4.90 Å². The van der Waals surface area contributed by atoms with Gasteiger partial charge in [0.25, 0.3) is 0 Å². The summed E-state index contributed by atoms with van der Waals surface area (Å²) in [5, 5.41) is 2.68. The van der Waals surface area contributed by atoms with Crippen LogP contribution >= 0.6 is 11.8 Å². The Balaban J connectivity index is 1.73. The Bertz CT molecular complexity index is 488. The third-order valence-electron chi connectivity index (χ3n) is 2.15. The molecule has 3 nitrogen and oxygen atoms in total. The first kappa shape index (κ1) is 12.5. The summed E-state index contributed by atoms with van der Waals surface area (Å²) in [7, 11) is 0. The molecule has 0 heterocycles. The van der Waals surface area contributed by atoms with Crippen LogP contribution < -0.4 is 10.1 Å². The van der Waals surface area contributed by atoms with Gasteiger partial charge >= 0.3 is 6.09 Å². The van der Waals surface area contributed by atoms with E-state index in [2.05, 4.69) is 5.32 Å². The summed E-state index contributed by atoms with van der Waals surface area (Å²) in [5.74, 6) is 1.02. The van der Waals surface area contributed by atoms with Crippen LogP contribution in [-0.2, 0) is 0 Å². The van der Waals surface area contributed by atoms with Gasteiger partial charge in [0.2, 0.25) is 0 Å². The number of amides is 1. The lowest BCUT2D eigenvalue weighted by Crippen LogP contribution is -2.26. The molecule has 0 saturated heterocycles. The summed E-state index contributed by atoms with van der Waals surface area (Å²) < 4.78 is 5.09. The molecule has 0 bridgehead atoms. The third kappa shape index (κ3) is 4.14. The Morgan fingerprint density at radius 2 is 1.61 bits per heavy atom. The number of nitrogens with one attached hydrogen (secondary N) is 1. The lowest BCUT2D eigenvalue weighted by atomic mass is 10.3. The highest BCUT2D eigenvalue weighted by Crippen LogP contribution is 2.15. The minimum atomic E-state index is -0.440. The van der Waals surface area contributed by atoms with Crippen molar-refractivity contribution in [3.05, 3.63) is 60.7 Å². The first-order valence-electron chi connectivity index (χ1n) is 5.53. The zero-order chi connectivity index (χ0) is 12.6. The summed E-state index contributed by atoms with van der Waals surface area (Å²) in [6.45, 7) is 0. The zero-order valence-electron chi connectivity index (χ0n) is 9.71. The van der Waals surface area contributed by atoms with Crippen molar-refractivity contribution in [2.75, 3.05) is 5.88 Å². The van der Waals surface area contributed by atoms with Gasteiger partial charge in [0.05, 0.1) is 5.88 Å². The Hall–Kier alpha value is -1.94. The summed E-state index contributed by atoms with van der Waals surface area (Å²) in [6, 6.07) is 18.9. The number of rotatable bonds is 4. The minimum Gasteiger partial charge on any atom is -0.410 e. The number of ether oxygens (including phenoxy) is 1.